The highest BCUT2D eigenvalue weighted by Crippen LogP contribution is 2.44. The largest absolute Gasteiger partial charge is 0.496 e. The van der Waals surface area contributed by atoms with Gasteiger partial charge in [0.25, 0.3) is 0 Å². The van der Waals surface area contributed by atoms with Gasteiger partial charge in [0.2, 0.25) is 0 Å². The van der Waals surface area contributed by atoms with Crippen molar-refractivity contribution in [2.45, 2.75) is 37.6 Å². The number of nitrogens with zero attached hydrogens (tertiary/aromatic N) is 4. The molecule has 0 unspecified atom stereocenters. The van der Waals surface area contributed by atoms with Gasteiger partial charge in [-0.25, -0.2) is 0 Å². The van der Waals surface area contributed by atoms with Crippen LogP contribution in [0.3, 0.4) is 0 Å². The lowest BCUT2D eigenvalue weighted by Crippen LogP contribution is -2.53. The SMILES string of the molecule is CN=C(NCC1(c2ccccc2OC)CCCC1)N1CCN(Cc2ccon2)CC1. The second kappa shape index (κ2) is 9.51. The lowest BCUT2D eigenvalue weighted by atomic mass is 9.78. The molecule has 1 saturated carbocycles. The van der Waals surface area contributed by atoms with Crippen LogP contribution in [0.1, 0.15) is 36.9 Å². The number of rotatable bonds is 6. The monoisotopic (exact) mass is 411 g/mol. The second-order valence-corrected chi connectivity index (χ2v) is 8.34. The van der Waals surface area contributed by atoms with Crippen LogP contribution in [0.15, 0.2) is 46.1 Å². The minimum atomic E-state index is 0.108. The van der Waals surface area contributed by atoms with Crippen molar-refractivity contribution >= 4 is 5.96 Å². The highest BCUT2D eigenvalue weighted by atomic mass is 16.5. The van der Waals surface area contributed by atoms with E-state index < -0.39 is 0 Å². The predicted octanol–water partition coefficient (Wildman–Crippen LogP) is 2.89. The Morgan fingerprint density at radius 3 is 2.60 bits per heavy atom. The summed E-state index contributed by atoms with van der Waals surface area (Å²) in [5, 5.41) is 7.73. The molecule has 7 nitrogen and oxygen atoms in total. The summed E-state index contributed by atoms with van der Waals surface area (Å²) in [5.41, 5.74) is 2.42. The zero-order valence-electron chi connectivity index (χ0n) is 18.1. The van der Waals surface area contributed by atoms with Crippen LogP contribution in [0.5, 0.6) is 5.75 Å². The molecule has 30 heavy (non-hydrogen) atoms. The van der Waals surface area contributed by atoms with Gasteiger partial charge in [-0.1, -0.05) is 36.2 Å². The van der Waals surface area contributed by atoms with Gasteiger partial charge in [0, 0.05) is 63.4 Å². The molecule has 1 aliphatic carbocycles. The van der Waals surface area contributed by atoms with E-state index in [1.807, 2.05) is 13.1 Å². The molecule has 0 atom stereocenters. The number of nitrogens with one attached hydrogen (secondary N) is 1. The number of benzene rings is 1. The van der Waals surface area contributed by atoms with Crippen molar-refractivity contribution in [2.75, 3.05) is 46.9 Å². The third-order valence-electron chi connectivity index (χ3n) is 6.58. The van der Waals surface area contributed by atoms with E-state index in [1.54, 1.807) is 13.4 Å². The summed E-state index contributed by atoms with van der Waals surface area (Å²) in [6.07, 6.45) is 6.53. The van der Waals surface area contributed by atoms with Crippen molar-refractivity contribution in [1.82, 2.24) is 20.3 Å². The zero-order chi connectivity index (χ0) is 20.8. The molecule has 1 aliphatic heterocycles. The fourth-order valence-electron chi connectivity index (χ4n) is 4.92. The fourth-order valence-corrected chi connectivity index (χ4v) is 4.92. The number of guanidine groups is 1. The number of ether oxygens (including phenoxy) is 1. The Morgan fingerprint density at radius 1 is 1.17 bits per heavy atom. The van der Waals surface area contributed by atoms with Gasteiger partial charge in [-0.3, -0.25) is 9.89 Å². The maximum Gasteiger partial charge on any atom is 0.193 e. The Balaban J connectivity index is 1.38. The number of hydrogen-bond acceptors (Lipinski definition) is 5. The average molecular weight is 412 g/mol. The van der Waals surface area contributed by atoms with Gasteiger partial charge < -0.3 is 19.5 Å². The van der Waals surface area contributed by atoms with Crippen molar-refractivity contribution in [3.63, 3.8) is 0 Å². The van der Waals surface area contributed by atoms with E-state index >= 15 is 0 Å². The Labute approximate surface area is 179 Å². The molecule has 1 aromatic carbocycles. The van der Waals surface area contributed by atoms with Gasteiger partial charge in [-0.15, -0.1) is 0 Å². The summed E-state index contributed by atoms with van der Waals surface area (Å²) in [6, 6.07) is 10.4. The summed E-state index contributed by atoms with van der Waals surface area (Å²) in [6.45, 7) is 5.63. The van der Waals surface area contributed by atoms with Gasteiger partial charge >= 0.3 is 0 Å². The summed E-state index contributed by atoms with van der Waals surface area (Å²) < 4.78 is 10.7. The molecule has 0 bridgehead atoms. The Kier molecular flexibility index (Phi) is 6.57. The van der Waals surface area contributed by atoms with E-state index in [0.717, 1.165) is 56.7 Å². The quantitative estimate of drug-likeness (QED) is 0.582. The van der Waals surface area contributed by atoms with E-state index in [1.165, 1.54) is 31.2 Å². The first kappa shape index (κ1) is 20.7. The number of hydrogen-bond donors (Lipinski definition) is 1. The van der Waals surface area contributed by atoms with Gasteiger partial charge in [0.1, 0.15) is 12.0 Å². The Bertz CT molecular complexity index is 822. The van der Waals surface area contributed by atoms with Gasteiger partial charge in [0.05, 0.1) is 12.8 Å². The standard InChI is InChI=1S/C23H33N5O2/c1-24-22(28-14-12-27(13-15-28)17-19-9-16-30-26-19)25-18-23(10-5-6-11-23)20-7-3-4-8-21(20)29-2/h3-4,7-9,16H,5-6,10-15,17-18H2,1-2H3,(H,24,25). The molecule has 7 heteroatoms. The maximum absolute atomic E-state index is 5.70. The first-order chi connectivity index (χ1) is 14.7. The molecule has 2 heterocycles. The molecule has 0 radical (unpaired) electrons. The summed E-state index contributed by atoms with van der Waals surface area (Å²) in [4.78, 5) is 9.37. The van der Waals surface area contributed by atoms with Crippen molar-refractivity contribution in [1.29, 1.82) is 0 Å². The predicted molar refractivity (Wildman–Crippen MR) is 118 cm³/mol. The minimum Gasteiger partial charge on any atom is -0.496 e. The third kappa shape index (κ3) is 4.46. The summed E-state index contributed by atoms with van der Waals surface area (Å²) >= 11 is 0. The van der Waals surface area contributed by atoms with Crippen LogP contribution in [0.25, 0.3) is 0 Å². The lowest BCUT2D eigenvalue weighted by molar-refractivity contribution is 0.168. The average Bonchev–Trinajstić information content (AvgIpc) is 3.48. The Hall–Kier alpha value is -2.54. The lowest BCUT2D eigenvalue weighted by Gasteiger charge is -2.38. The summed E-state index contributed by atoms with van der Waals surface area (Å²) in [7, 11) is 3.65. The number of aromatic nitrogens is 1. The van der Waals surface area contributed by atoms with Gasteiger partial charge in [-0.2, -0.15) is 0 Å². The normalized spacial score (nSPS) is 19.8. The summed E-state index contributed by atoms with van der Waals surface area (Å²) in [5.74, 6) is 2.00. The van der Waals surface area contributed by atoms with Crippen molar-refractivity contribution in [3.8, 4) is 5.75 Å². The molecule has 2 fully saturated rings. The van der Waals surface area contributed by atoms with E-state index in [-0.39, 0.29) is 5.41 Å². The van der Waals surface area contributed by atoms with Crippen LogP contribution in [0.2, 0.25) is 0 Å². The van der Waals surface area contributed by atoms with E-state index in [4.69, 9.17) is 9.26 Å². The molecule has 4 rings (SSSR count). The number of para-hydroxylation sites is 1. The van der Waals surface area contributed by atoms with Gasteiger partial charge in [0.15, 0.2) is 5.96 Å². The van der Waals surface area contributed by atoms with E-state index in [0.29, 0.717) is 0 Å². The molecular weight excluding hydrogens is 378 g/mol. The van der Waals surface area contributed by atoms with Crippen molar-refractivity contribution in [2.24, 2.45) is 4.99 Å². The molecule has 0 amide bonds. The first-order valence-electron chi connectivity index (χ1n) is 10.9. The highest BCUT2D eigenvalue weighted by Gasteiger charge is 2.38. The van der Waals surface area contributed by atoms with Crippen LogP contribution in [0, 0.1) is 0 Å². The molecule has 2 aliphatic rings. The molecule has 162 valence electrons. The molecule has 1 saturated heterocycles. The van der Waals surface area contributed by atoms with Crippen LogP contribution in [-0.2, 0) is 12.0 Å². The van der Waals surface area contributed by atoms with Gasteiger partial charge in [-0.05, 0) is 18.9 Å². The van der Waals surface area contributed by atoms with Crippen LogP contribution in [-0.4, -0.2) is 67.8 Å². The Morgan fingerprint density at radius 2 is 1.93 bits per heavy atom. The molecule has 0 spiro atoms. The van der Waals surface area contributed by atoms with Crippen LogP contribution >= 0.6 is 0 Å². The fraction of sp³-hybridized carbons (Fsp3) is 0.565. The first-order valence-corrected chi connectivity index (χ1v) is 10.9. The highest BCUT2D eigenvalue weighted by molar-refractivity contribution is 5.80. The molecule has 1 aromatic heterocycles. The smallest absolute Gasteiger partial charge is 0.193 e. The van der Waals surface area contributed by atoms with Crippen molar-refractivity contribution in [3.05, 3.63) is 47.9 Å². The minimum absolute atomic E-state index is 0.108. The van der Waals surface area contributed by atoms with E-state index in [9.17, 15) is 0 Å². The molecule has 1 N–H and O–H groups in total. The van der Waals surface area contributed by atoms with Crippen LogP contribution in [0.4, 0.5) is 0 Å². The maximum atomic E-state index is 5.70. The topological polar surface area (TPSA) is 66.1 Å². The van der Waals surface area contributed by atoms with E-state index in [2.05, 4.69) is 49.5 Å². The number of aliphatic imine (C=N–C) groups is 1. The third-order valence-corrected chi connectivity index (χ3v) is 6.58. The van der Waals surface area contributed by atoms with Crippen LogP contribution < -0.4 is 10.1 Å². The number of piperazine rings is 1. The molecular formula is C23H33N5O2. The van der Waals surface area contributed by atoms with Crippen molar-refractivity contribution < 1.29 is 9.26 Å². The second-order valence-electron chi connectivity index (χ2n) is 8.34. The zero-order valence-corrected chi connectivity index (χ0v) is 18.1. The number of methoxy groups -OCH3 is 1. The molecule has 2 aromatic rings.